The van der Waals surface area contributed by atoms with Gasteiger partial charge in [-0.25, -0.2) is 0 Å². The van der Waals surface area contributed by atoms with Crippen LogP contribution in [0, 0.1) is 0 Å². The summed E-state index contributed by atoms with van der Waals surface area (Å²) in [4.78, 5) is 12.3. The standard InChI is InChI=1S/C20H23NO2/c1-15(20(22)21-14-16-8-3-2-4-9-16)23-19-13-7-11-17-10-5-6-12-18(17)19/h5-8,10-13,15H,2-4,9,14H2,1H3,(H,21,22)/t15-/m0/s1. The highest BCUT2D eigenvalue weighted by Crippen LogP contribution is 2.26. The monoisotopic (exact) mass is 309 g/mol. The van der Waals surface area contributed by atoms with Crippen molar-refractivity contribution in [3.05, 3.63) is 54.1 Å². The molecule has 0 saturated heterocycles. The molecule has 0 heterocycles. The van der Waals surface area contributed by atoms with Crippen LogP contribution in [0.4, 0.5) is 0 Å². The number of rotatable bonds is 5. The van der Waals surface area contributed by atoms with Gasteiger partial charge in [0.2, 0.25) is 0 Å². The fourth-order valence-electron chi connectivity index (χ4n) is 2.95. The van der Waals surface area contributed by atoms with Crippen LogP contribution >= 0.6 is 0 Å². The van der Waals surface area contributed by atoms with Crippen molar-refractivity contribution >= 4 is 16.7 Å². The van der Waals surface area contributed by atoms with Gasteiger partial charge in [0.15, 0.2) is 6.10 Å². The Morgan fingerprint density at radius 3 is 2.83 bits per heavy atom. The van der Waals surface area contributed by atoms with Crippen molar-refractivity contribution in [2.24, 2.45) is 0 Å². The Balaban J connectivity index is 1.62. The summed E-state index contributed by atoms with van der Waals surface area (Å²) in [6.07, 6.45) is 6.46. The van der Waals surface area contributed by atoms with E-state index in [4.69, 9.17) is 4.74 Å². The number of hydrogen-bond donors (Lipinski definition) is 1. The molecule has 1 atom stereocenters. The summed E-state index contributed by atoms with van der Waals surface area (Å²) in [7, 11) is 0. The van der Waals surface area contributed by atoms with Crippen LogP contribution in [-0.4, -0.2) is 18.6 Å². The van der Waals surface area contributed by atoms with Crippen molar-refractivity contribution in [2.75, 3.05) is 6.54 Å². The minimum absolute atomic E-state index is 0.0654. The summed E-state index contributed by atoms with van der Waals surface area (Å²) in [5.41, 5.74) is 1.34. The molecule has 1 N–H and O–H groups in total. The van der Waals surface area contributed by atoms with Gasteiger partial charge in [-0.3, -0.25) is 4.79 Å². The number of allylic oxidation sites excluding steroid dienone is 1. The van der Waals surface area contributed by atoms with E-state index in [1.54, 1.807) is 6.92 Å². The molecule has 3 nitrogen and oxygen atoms in total. The molecular formula is C20H23NO2. The van der Waals surface area contributed by atoms with E-state index in [0.717, 1.165) is 29.4 Å². The highest BCUT2D eigenvalue weighted by Gasteiger charge is 2.16. The number of fused-ring (bicyclic) bond motifs is 1. The predicted molar refractivity (Wildman–Crippen MR) is 93.6 cm³/mol. The third-order valence-electron chi connectivity index (χ3n) is 4.30. The summed E-state index contributed by atoms with van der Waals surface area (Å²) in [6, 6.07) is 14.0. The number of hydrogen-bond acceptors (Lipinski definition) is 2. The smallest absolute Gasteiger partial charge is 0.261 e. The maximum Gasteiger partial charge on any atom is 0.261 e. The molecule has 0 saturated carbocycles. The summed E-state index contributed by atoms with van der Waals surface area (Å²) >= 11 is 0. The molecule has 0 aromatic heterocycles. The van der Waals surface area contributed by atoms with Crippen molar-refractivity contribution in [3.8, 4) is 5.75 Å². The largest absolute Gasteiger partial charge is 0.480 e. The molecule has 1 amide bonds. The lowest BCUT2D eigenvalue weighted by Gasteiger charge is -2.18. The van der Waals surface area contributed by atoms with Crippen LogP contribution < -0.4 is 10.1 Å². The minimum atomic E-state index is -0.509. The molecule has 0 radical (unpaired) electrons. The minimum Gasteiger partial charge on any atom is -0.480 e. The zero-order valence-electron chi connectivity index (χ0n) is 13.5. The Hall–Kier alpha value is -2.29. The van der Waals surface area contributed by atoms with Gasteiger partial charge in [-0.15, -0.1) is 0 Å². The number of ether oxygens (including phenoxy) is 1. The lowest BCUT2D eigenvalue weighted by molar-refractivity contribution is -0.127. The van der Waals surface area contributed by atoms with Crippen LogP contribution in [0.25, 0.3) is 10.8 Å². The van der Waals surface area contributed by atoms with E-state index >= 15 is 0 Å². The van der Waals surface area contributed by atoms with Crippen LogP contribution in [-0.2, 0) is 4.79 Å². The quantitative estimate of drug-likeness (QED) is 0.840. The highest BCUT2D eigenvalue weighted by molar-refractivity contribution is 5.89. The van der Waals surface area contributed by atoms with Gasteiger partial charge >= 0.3 is 0 Å². The molecule has 3 heteroatoms. The van der Waals surface area contributed by atoms with Gasteiger partial charge in [0.25, 0.3) is 5.91 Å². The van der Waals surface area contributed by atoms with Crippen molar-refractivity contribution in [1.29, 1.82) is 0 Å². The van der Waals surface area contributed by atoms with Gasteiger partial charge in [-0.05, 0) is 44.1 Å². The average molecular weight is 309 g/mol. The second kappa shape index (κ2) is 7.32. The number of carbonyl (C=O) groups is 1. The first-order valence-corrected chi connectivity index (χ1v) is 8.34. The zero-order chi connectivity index (χ0) is 16.1. The lowest BCUT2D eigenvalue weighted by Crippen LogP contribution is -2.37. The van der Waals surface area contributed by atoms with E-state index in [1.165, 1.54) is 18.4 Å². The molecule has 3 rings (SSSR count). The molecule has 0 aliphatic heterocycles. The van der Waals surface area contributed by atoms with Crippen LogP contribution in [0.3, 0.4) is 0 Å². The van der Waals surface area contributed by atoms with Gasteiger partial charge in [0, 0.05) is 11.9 Å². The molecule has 0 unspecified atom stereocenters. The van der Waals surface area contributed by atoms with E-state index in [2.05, 4.69) is 11.4 Å². The van der Waals surface area contributed by atoms with Crippen molar-refractivity contribution < 1.29 is 9.53 Å². The molecule has 23 heavy (non-hydrogen) atoms. The van der Waals surface area contributed by atoms with Crippen LogP contribution in [0.2, 0.25) is 0 Å². The molecule has 0 fully saturated rings. The molecule has 1 aliphatic rings. The molecule has 0 bridgehead atoms. The van der Waals surface area contributed by atoms with Crippen LogP contribution in [0.5, 0.6) is 5.75 Å². The number of amides is 1. The Bertz CT molecular complexity index is 715. The fourth-order valence-corrected chi connectivity index (χ4v) is 2.95. The maximum atomic E-state index is 12.3. The van der Waals surface area contributed by atoms with Gasteiger partial charge < -0.3 is 10.1 Å². The topological polar surface area (TPSA) is 38.3 Å². The maximum absolute atomic E-state index is 12.3. The Labute approximate surface area is 137 Å². The van der Waals surface area contributed by atoms with Crippen molar-refractivity contribution in [2.45, 2.75) is 38.7 Å². The summed E-state index contributed by atoms with van der Waals surface area (Å²) in [5.74, 6) is 0.687. The van der Waals surface area contributed by atoms with E-state index in [9.17, 15) is 4.79 Å². The third kappa shape index (κ3) is 3.92. The second-order valence-electron chi connectivity index (χ2n) is 6.06. The first-order valence-electron chi connectivity index (χ1n) is 8.34. The Morgan fingerprint density at radius 1 is 1.17 bits per heavy atom. The third-order valence-corrected chi connectivity index (χ3v) is 4.30. The predicted octanol–water partition coefficient (Wildman–Crippen LogP) is 4.22. The van der Waals surface area contributed by atoms with E-state index in [0.29, 0.717) is 6.54 Å². The molecule has 0 spiro atoms. The Kier molecular flexibility index (Phi) is 4.96. The number of carbonyl (C=O) groups excluding carboxylic acids is 1. The van der Waals surface area contributed by atoms with Crippen LogP contribution in [0.15, 0.2) is 54.1 Å². The van der Waals surface area contributed by atoms with E-state index in [-0.39, 0.29) is 5.91 Å². The first kappa shape index (κ1) is 15.6. The van der Waals surface area contributed by atoms with Crippen molar-refractivity contribution in [1.82, 2.24) is 5.32 Å². The summed E-state index contributed by atoms with van der Waals surface area (Å²) in [5, 5.41) is 5.14. The van der Waals surface area contributed by atoms with E-state index < -0.39 is 6.10 Å². The lowest BCUT2D eigenvalue weighted by atomic mass is 10.00. The summed E-state index contributed by atoms with van der Waals surface area (Å²) in [6.45, 7) is 2.44. The van der Waals surface area contributed by atoms with Gasteiger partial charge in [-0.1, -0.05) is 48.0 Å². The molecule has 120 valence electrons. The summed E-state index contributed by atoms with van der Waals surface area (Å²) < 4.78 is 5.90. The van der Waals surface area contributed by atoms with Gasteiger partial charge in [0.05, 0.1) is 0 Å². The van der Waals surface area contributed by atoms with Crippen molar-refractivity contribution in [3.63, 3.8) is 0 Å². The second-order valence-corrected chi connectivity index (χ2v) is 6.06. The molecule has 1 aliphatic carbocycles. The van der Waals surface area contributed by atoms with Crippen LogP contribution in [0.1, 0.15) is 32.6 Å². The average Bonchev–Trinajstić information content (AvgIpc) is 2.61. The van der Waals surface area contributed by atoms with Gasteiger partial charge in [-0.2, -0.15) is 0 Å². The van der Waals surface area contributed by atoms with E-state index in [1.807, 2.05) is 42.5 Å². The fraction of sp³-hybridized carbons (Fsp3) is 0.350. The number of benzene rings is 2. The molecular weight excluding hydrogens is 286 g/mol. The van der Waals surface area contributed by atoms with Gasteiger partial charge in [0.1, 0.15) is 5.75 Å². The molecule has 2 aromatic rings. The number of nitrogens with one attached hydrogen (secondary N) is 1. The highest BCUT2D eigenvalue weighted by atomic mass is 16.5. The first-order chi connectivity index (χ1) is 11.2. The molecule has 2 aromatic carbocycles. The normalized spacial score (nSPS) is 15.8. The SMILES string of the molecule is C[C@H](Oc1cccc2ccccc12)C(=O)NCC1=CCCCC1. The Morgan fingerprint density at radius 2 is 2.00 bits per heavy atom. The zero-order valence-corrected chi connectivity index (χ0v) is 13.5.